The number of hydrogen-bond donors (Lipinski definition) is 0. The van der Waals surface area contributed by atoms with Gasteiger partial charge in [-0.25, -0.2) is 12.8 Å². The summed E-state index contributed by atoms with van der Waals surface area (Å²) in [6, 6.07) is 1.92. The van der Waals surface area contributed by atoms with Crippen LogP contribution in [0.2, 0.25) is 0 Å². The van der Waals surface area contributed by atoms with Gasteiger partial charge in [-0.3, -0.25) is 4.79 Å². The fourth-order valence-corrected chi connectivity index (χ4v) is 3.62. The summed E-state index contributed by atoms with van der Waals surface area (Å²) in [6.07, 6.45) is 3.34. The van der Waals surface area contributed by atoms with Gasteiger partial charge in [-0.2, -0.15) is 0 Å². The molecule has 2 rings (SSSR count). The number of amides is 1. The zero-order chi connectivity index (χ0) is 15.8. The molecule has 1 saturated carbocycles. The highest BCUT2D eigenvalue weighted by Gasteiger charge is 2.26. The topological polar surface area (TPSA) is 54.5 Å². The first-order valence-corrected chi connectivity index (χ1v) is 9.49. The van der Waals surface area contributed by atoms with Gasteiger partial charge < -0.3 is 4.90 Å². The van der Waals surface area contributed by atoms with Crippen LogP contribution in [0.3, 0.4) is 0 Å². The minimum atomic E-state index is -4.24. The van der Waals surface area contributed by atoms with Crippen molar-refractivity contribution in [3.8, 4) is 0 Å². The van der Waals surface area contributed by atoms with Crippen molar-refractivity contribution in [3.05, 3.63) is 28.0 Å². The number of nitrogens with zero attached hydrogens (tertiary/aromatic N) is 1. The normalized spacial score (nSPS) is 15.6. The van der Waals surface area contributed by atoms with E-state index in [0.29, 0.717) is 12.5 Å². The van der Waals surface area contributed by atoms with Crippen LogP contribution in [0.25, 0.3) is 0 Å². The summed E-state index contributed by atoms with van der Waals surface area (Å²) in [7, 11) is 2.58. The van der Waals surface area contributed by atoms with Gasteiger partial charge in [0.25, 0.3) is 15.0 Å². The Morgan fingerprint density at radius 2 is 2.10 bits per heavy atom. The quantitative estimate of drug-likeness (QED) is 0.731. The summed E-state index contributed by atoms with van der Waals surface area (Å²) in [6.45, 7) is 0.603. The second-order valence-corrected chi connectivity index (χ2v) is 8.57. The number of rotatable bonds is 4. The Bertz CT molecular complexity index is 676. The van der Waals surface area contributed by atoms with E-state index in [1.165, 1.54) is 11.3 Å². The predicted molar refractivity (Wildman–Crippen MR) is 81.4 cm³/mol. The molecule has 116 valence electrons. The maximum atomic E-state index is 13.6. The molecule has 0 saturated heterocycles. The minimum absolute atomic E-state index is 0.0810. The number of carbonyl (C=O) groups excluding carboxylic acids is 1. The van der Waals surface area contributed by atoms with Crippen LogP contribution in [-0.2, 0) is 9.05 Å². The van der Waals surface area contributed by atoms with Crippen molar-refractivity contribution >= 4 is 41.6 Å². The van der Waals surface area contributed by atoms with E-state index in [1.807, 2.05) is 0 Å². The molecule has 0 aromatic heterocycles. The number of carbonyl (C=O) groups is 1. The smallest absolute Gasteiger partial charge is 0.264 e. The van der Waals surface area contributed by atoms with Crippen LogP contribution in [0.4, 0.5) is 4.39 Å². The molecule has 0 bridgehead atoms. The average Bonchev–Trinajstić information content (AvgIpc) is 2.31. The van der Waals surface area contributed by atoms with Crippen LogP contribution in [0.1, 0.15) is 29.6 Å². The largest absolute Gasteiger partial charge is 0.341 e. The highest BCUT2D eigenvalue weighted by atomic mass is 79.9. The molecule has 1 aromatic carbocycles. The molecule has 1 fully saturated rings. The van der Waals surface area contributed by atoms with Gasteiger partial charge >= 0.3 is 0 Å². The van der Waals surface area contributed by atoms with Crippen LogP contribution < -0.4 is 0 Å². The van der Waals surface area contributed by atoms with Gasteiger partial charge in [-0.05, 0) is 46.8 Å². The molecule has 21 heavy (non-hydrogen) atoms. The van der Waals surface area contributed by atoms with E-state index in [4.69, 9.17) is 10.7 Å². The Morgan fingerprint density at radius 3 is 2.57 bits per heavy atom. The van der Waals surface area contributed by atoms with Crippen LogP contribution in [-0.4, -0.2) is 32.8 Å². The minimum Gasteiger partial charge on any atom is -0.341 e. The molecule has 0 aliphatic heterocycles. The zero-order valence-electron chi connectivity index (χ0n) is 11.3. The van der Waals surface area contributed by atoms with Gasteiger partial charge in [0.05, 0.1) is 5.56 Å². The lowest BCUT2D eigenvalue weighted by molar-refractivity contribution is 0.0744. The predicted octanol–water partition coefficient (Wildman–Crippen LogP) is 3.39. The molecule has 1 aliphatic carbocycles. The summed E-state index contributed by atoms with van der Waals surface area (Å²) < 4.78 is 36.5. The van der Waals surface area contributed by atoms with Gasteiger partial charge in [-0.15, -0.1) is 0 Å². The molecule has 1 aromatic rings. The third-order valence-corrected chi connectivity index (χ3v) is 5.61. The zero-order valence-corrected chi connectivity index (χ0v) is 14.4. The van der Waals surface area contributed by atoms with Gasteiger partial charge in [0, 0.05) is 28.7 Å². The van der Waals surface area contributed by atoms with E-state index in [1.54, 1.807) is 7.05 Å². The molecule has 1 amide bonds. The first-order chi connectivity index (χ1) is 9.70. The van der Waals surface area contributed by atoms with Crippen LogP contribution in [0.15, 0.2) is 21.5 Å². The highest BCUT2D eigenvalue weighted by molar-refractivity contribution is 9.10. The van der Waals surface area contributed by atoms with Crippen molar-refractivity contribution in [1.29, 1.82) is 0 Å². The number of hydrogen-bond acceptors (Lipinski definition) is 3. The van der Waals surface area contributed by atoms with Gasteiger partial charge in [0.1, 0.15) is 10.7 Å². The van der Waals surface area contributed by atoms with E-state index in [-0.39, 0.29) is 15.9 Å². The molecule has 0 heterocycles. The van der Waals surface area contributed by atoms with Crippen molar-refractivity contribution in [1.82, 2.24) is 4.90 Å². The third kappa shape index (κ3) is 3.76. The van der Waals surface area contributed by atoms with Gasteiger partial charge in [-0.1, -0.05) is 6.42 Å². The fraction of sp³-hybridized carbons (Fsp3) is 0.462. The summed E-state index contributed by atoms with van der Waals surface area (Å²) >= 11 is 3.09. The van der Waals surface area contributed by atoms with Gasteiger partial charge in [0.15, 0.2) is 0 Å². The third-order valence-electron chi connectivity index (χ3n) is 3.62. The van der Waals surface area contributed by atoms with E-state index in [0.717, 1.165) is 25.0 Å². The second kappa shape index (κ2) is 6.22. The molecule has 8 heteroatoms. The van der Waals surface area contributed by atoms with Crippen molar-refractivity contribution in [2.75, 3.05) is 13.6 Å². The molecule has 0 unspecified atom stereocenters. The Morgan fingerprint density at radius 1 is 1.48 bits per heavy atom. The Kier molecular flexibility index (Phi) is 4.95. The highest BCUT2D eigenvalue weighted by Crippen LogP contribution is 2.30. The lowest BCUT2D eigenvalue weighted by atomic mass is 9.85. The fourth-order valence-electron chi connectivity index (χ4n) is 2.23. The summed E-state index contributed by atoms with van der Waals surface area (Å²) in [5.74, 6) is -0.875. The second-order valence-electron chi connectivity index (χ2n) is 5.18. The molecule has 4 nitrogen and oxygen atoms in total. The van der Waals surface area contributed by atoms with Crippen molar-refractivity contribution in [2.45, 2.75) is 24.2 Å². The van der Waals surface area contributed by atoms with Crippen LogP contribution in [0.5, 0.6) is 0 Å². The van der Waals surface area contributed by atoms with E-state index in [9.17, 15) is 17.6 Å². The lowest BCUT2D eigenvalue weighted by Gasteiger charge is -2.30. The van der Waals surface area contributed by atoms with Gasteiger partial charge in [0.2, 0.25) is 0 Å². The Balaban J connectivity index is 2.31. The molecule has 0 radical (unpaired) electrons. The molecule has 0 N–H and O–H groups in total. The summed E-state index contributed by atoms with van der Waals surface area (Å²) in [4.78, 5) is 13.2. The Labute approximate surface area is 135 Å². The first-order valence-electron chi connectivity index (χ1n) is 6.39. The maximum absolute atomic E-state index is 13.6. The standard InChI is InChI=1S/C13H14BrClFNO3S/c1-17(7-8-3-2-4-8)13(18)9-5-12(21(15,19)20)11(16)6-10(9)14/h5-6,8H,2-4,7H2,1H3. The summed E-state index contributed by atoms with van der Waals surface area (Å²) in [5, 5.41) is 0. The number of halogens is 3. The van der Waals surface area contributed by atoms with Crippen LogP contribution in [0, 0.1) is 11.7 Å². The van der Waals surface area contributed by atoms with Crippen molar-refractivity contribution < 1.29 is 17.6 Å². The van der Waals surface area contributed by atoms with E-state index < -0.39 is 19.8 Å². The average molecular weight is 399 g/mol. The maximum Gasteiger partial charge on any atom is 0.264 e. The van der Waals surface area contributed by atoms with Crippen molar-refractivity contribution in [3.63, 3.8) is 0 Å². The molecular formula is C13H14BrClFNO3S. The monoisotopic (exact) mass is 397 g/mol. The SMILES string of the molecule is CN(CC1CCC1)C(=O)c1cc(S(=O)(=O)Cl)c(F)cc1Br. The van der Waals surface area contributed by atoms with E-state index in [2.05, 4.69) is 15.9 Å². The van der Waals surface area contributed by atoms with E-state index >= 15 is 0 Å². The number of benzene rings is 1. The molecule has 1 aliphatic rings. The first kappa shape index (κ1) is 16.7. The Hall–Kier alpha value is -0.660. The molecular weight excluding hydrogens is 385 g/mol. The summed E-state index contributed by atoms with van der Waals surface area (Å²) in [5.41, 5.74) is 0.0810. The molecule has 0 spiro atoms. The van der Waals surface area contributed by atoms with Crippen LogP contribution >= 0.6 is 26.6 Å². The molecule has 0 atom stereocenters. The lowest BCUT2D eigenvalue weighted by Crippen LogP contribution is -2.34. The van der Waals surface area contributed by atoms with Crippen molar-refractivity contribution in [2.24, 2.45) is 5.92 Å².